The number of allylic oxidation sites excluding steroid dienone is 1. The number of nitro benzene ring substituents is 1. The lowest BCUT2D eigenvalue weighted by atomic mass is 9.82. The summed E-state index contributed by atoms with van der Waals surface area (Å²) >= 11 is 0. The summed E-state index contributed by atoms with van der Waals surface area (Å²) in [7, 11) is 0. The van der Waals surface area contributed by atoms with Crippen LogP contribution in [0.4, 0.5) is 5.69 Å². The first kappa shape index (κ1) is 18.1. The van der Waals surface area contributed by atoms with E-state index in [0.29, 0.717) is 16.5 Å². The average Bonchev–Trinajstić information content (AvgIpc) is 2.66. The highest BCUT2D eigenvalue weighted by molar-refractivity contribution is 5.91. The molecule has 3 N–H and O–H groups in total. The zero-order valence-corrected chi connectivity index (χ0v) is 15.0. The second kappa shape index (κ2) is 6.38. The molecule has 0 unspecified atom stereocenters. The van der Waals surface area contributed by atoms with Crippen molar-refractivity contribution in [1.82, 2.24) is 0 Å². The molecule has 144 valence electrons. The molecule has 3 aromatic rings. The van der Waals surface area contributed by atoms with E-state index < -0.39 is 16.5 Å². The molecule has 2 aromatic carbocycles. The molecule has 0 saturated carbocycles. The molecule has 0 bridgehead atoms. The number of nitriles is 1. The Hall–Kier alpha value is -4.32. The fourth-order valence-corrected chi connectivity index (χ4v) is 3.56. The van der Waals surface area contributed by atoms with E-state index in [2.05, 4.69) is 0 Å². The lowest BCUT2D eigenvalue weighted by molar-refractivity contribution is -0.384. The Morgan fingerprint density at radius 2 is 1.97 bits per heavy atom. The van der Waals surface area contributed by atoms with Gasteiger partial charge in [-0.15, -0.1) is 0 Å². The van der Waals surface area contributed by atoms with Crippen LogP contribution in [-0.2, 0) is 0 Å². The van der Waals surface area contributed by atoms with E-state index in [1.807, 2.05) is 6.07 Å². The number of non-ortho nitro benzene ring substituents is 1. The molecule has 0 spiro atoms. The molecular weight excluding hydrogens is 378 g/mol. The Morgan fingerprint density at radius 3 is 2.59 bits per heavy atom. The van der Waals surface area contributed by atoms with Crippen LogP contribution in [0, 0.1) is 28.4 Å². The van der Waals surface area contributed by atoms with Crippen LogP contribution in [0.25, 0.3) is 11.0 Å². The summed E-state index contributed by atoms with van der Waals surface area (Å²) in [5.41, 5.74) is 6.76. The third-order valence-electron chi connectivity index (χ3n) is 4.81. The molecule has 0 saturated heterocycles. The van der Waals surface area contributed by atoms with Crippen molar-refractivity contribution in [3.05, 3.63) is 85.1 Å². The van der Waals surface area contributed by atoms with Crippen molar-refractivity contribution in [2.24, 2.45) is 5.73 Å². The molecule has 1 aromatic heterocycles. The number of aromatic hydroxyl groups is 1. The Labute approximate surface area is 163 Å². The van der Waals surface area contributed by atoms with Gasteiger partial charge in [0, 0.05) is 24.3 Å². The summed E-state index contributed by atoms with van der Waals surface area (Å²) in [6.07, 6.45) is 0. The molecule has 2 heterocycles. The normalized spacial score (nSPS) is 15.5. The van der Waals surface area contributed by atoms with Gasteiger partial charge in [0.15, 0.2) is 0 Å². The van der Waals surface area contributed by atoms with Gasteiger partial charge in [0.2, 0.25) is 5.88 Å². The number of phenolic OH excluding ortho intramolecular Hbond substituents is 1. The van der Waals surface area contributed by atoms with Crippen LogP contribution in [0.15, 0.2) is 57.1 Å². The van der Waals surface area contributed by atoms with Crippen molar-refractivity contribution >= 4 is 16.7 Å². The van der Waals surface area contributed by atoms with Crippen LogP contribution in [-0.4, -0.2) is 10.0 Å². The highest BCUT2D eigenvalue weighted by Crippen LogP contribution is 2.50. The number of fused-ring (bicyclic) bond motifs is 3. The molecule has 0 radical (unpaired) electrons. The van der Waals surface area contributed by atoms with Crippen molar-refractivity contribution in [2.75, 3.05) is 0 Å². The first-order valence-corrected chi connectivity index (χ1v) is 8.44. The quantitative estimate of drug-likeness (QED) is 0.384. The van der Waals surface area contributed by atoms with Crippen molar-refractivity contribution in [3.63, 3.8) is 0 Å². The smallest absolute Gasteiger partial charge is 0.336 e. The van der Waals surface area contributed by atoms with Crippen molar-refractivity contribution in [3.8, 4) is 17.6 Å². The maximum Gasteiger partial charge on any atom is 0.336 e. The molecule has 0 fully saturated rings. The number of hydrogen-bond acceptors (Lipinski definition) is 8. The lowest BCUT2D eigenvalue weighted by Crippen LogP contribution is -2.21. The van der Waals surface area contributed by atoms with Gasteiger partial charge in [-0.1, -0.05) is 12.1 Å². The fourth-order valence-electron chi connectivity index (χ4n) is 3.56. The summed E-state index contributed by atoms with van der Waals surface area (Å²) in [5.74, 6) is -1.08. The average molecular weight is 391 g/mol. The SMILES string of the molecule is Cc1cc(=O)oc2cc(O)c3c(c12)OC(N)=C(C#N)[C@@H]3c1ccc([N+](=O)[O-])cc1. The highest BCUT2D eigenvalue weighted by Gasteiger charge is 2.35. The standard InChI is InChI=1S/C20H13N3O6/c1-9-6-15(25)28-14-7-13(24)18-17(10-2-4-11(5-3-10)23(26)27)12(8-21)20(22)29-19(18)16(9)14/h2-7,17,24H,22H2,1H3/t17-/m0/s1. The van der Waals surface area contributed by atoms with Gasteiger partial charge in [0.05, 0.1) is 21.8 Å². The van der Waals surface area contributed by atoms with E-state index in [1.54, 1.807) is 6.92 Å². The Morgan fingerprint density at radius 1 is 1.28 bits per heavy atom. The summed E-state index contributed by atoms with van der Waals surface area (Å²) in [6, 6.07) is 10.1. The molecule has 4 rings (SSSR count). The fraction of sp³-hybridized carbons (Fsp3) is 0.100. The zero-order chi connectivity index (χ0) is 20.9. The molecule has 1 aliphatic rings. The molecule has 1 aliphatic heterocycles. The van der Waals surface area contributed by atoms with Crippen LogP contribution in [0.5, 0.6) is 11.5 Å². The zero-order valence-electron chi connectivity index (χ0n) is 15.0. The number of aryl methyl sites for hydroxylation is 1. The minimum Gasteiger partial charge on any atom is -0.507 e. The van der Waals surface area contributed by atoms with E-state index in [9.17, 15) is 25.3 Å². The minimum absolute atomic E-state index is 0.0519. The number of nitrogens with zero attached hydrogens (tertiary/aromatic N) is 2. The monoisotopic (exact) mass is 391 g/mol. The van der Waals surface area contributed by atoms with E-state index in [-0.39, 0.29) is 39.8 Å². The summed E-state index contributed by atoms with van der Waals surface area (Å²) in [5, 5.41) is 31.7. The van der Waals surface area contributed by atoms with Gasteiger partial charge in [-0.05, 0) is 18.1 Å². The first-order chi connectivity index (χ1) is 13.8. The van der Waals surface area contributed by atoms with Crippen molar-refractivity contribution < 1.29 is 19.2 Å². The number of ether oxygens (including phenoxy) is 1. The molecule has 0 amide bonds. The molecule has 9 heteroatoms. The summed E-state index contributed by atoms with van der Waals surface area (Å²) in [4.78, 5) is 22.1. The minimum atomic E-state index is -0.819. The maximum absolute atomic E-state index is 11.7. The van der Waals surface area contributed by atoms with Crippen LogP contribution >= 0.6 is 0 Å². The predicted molar refractivity (Wildman–Crippen MR) is 101 cm³/mol. The number of nitro groups is 1. The van der Waals surface area contributed by atoms with Crippen LogP contribution < -0.4 is 16.1 Å². The van der Waals surface area contributed by atoms with Gasteiger partial charge >= 0.3 is 5.63 Å². The number of rotatable bonds is 2. The number of benzene rings is 2. The second-order valence-corrected chi connectivity index (χ2v) is 6.53. The topological polar surface area (TPSA) is 153 Å². The highest BCUT2D eigenvalue weighted by atomic mass is 16.6. The number of hydrogen-bond donors (Lipinski definition) is 2. The lowest BCUT2D eigenvalue weighted by Gasteiger charge is -2.28. The second-order valence-electron chi connectivity index (χ2n) is 6.53. The van der Waals surface area contributed by atoms with Crippen LogP contribution in [0.1, 0.15) is 22.6 Å². The van der Waals surface area contributed by atoms with E-state index in [0.717, 1.165) is 0 Å². The van der Waals surface area contributed by atoms with Crippen molar-refractivity contribution in [1.29, 1.82) is 5.26 Å². The van der Waals surface area contributed by atoms with Gasteiger partial charge in [-0.3, -0.25) is 10.1 Å². The van der Waals surface area contributed by atoms with Gasteiger partial charge in [0.1, 0.15) is 28.7 Å². The summed E-state index contributed by atoms with van der Waals surface area (Å²) in [6.45, 7) is 1.68. The first-order valence-electron chi connectivity index (χ1n) is 8.44. The maximum atomic E-state index is 11.7. The van der Waals surface area contributed by atoms with E-state index >= 15 is 0 Å². The molecule has 9 nitrogen and oxygen atoms in total. The molecule has 29 heavy (non-hydrogen) atoms. The van der Waals surface area contributed by atoms with Gasteiger partial charge < -0.3 is 20.0 Å². The van der Waals surface area contributed by atoms with Crippen molar-refractivity contribution in [2.45, 2.75) is 12.8 Å². The van der Waals surface area contributed by atoms with Crippen LogP contribution in [0.3, 0.4) is 0 Å². The Balaban J connectivity index is 2.05. The Kier molecular flexibility index (Phi) is 3.98. The van der Waals surface area contributed by atoms with Crippen LogP contribution in [0.2, 0.25) is 0 Å². The van der Waals surface area contributed by atoms with Gasteiger partial charge in [0.25, 0.3) is 5.69 Å². The largest absolute Gasteiger partial charge is 0.507 e. The van der Waals surface area contributed by atoms with Gasteiger partial charge in [-0.25, -0.2) is 4.79 Å². The Bertz CT molecular complexity index is 1320. The summed E-state index contributed by atoms with van der Waals surface area (Å²) < 4.78 is 10.8. The number of nitrogens with two attached hydrogens (primary N) is 1. The molecular formula is C20H13N3O6. The molecule has 0 aliphatic carbocycles. The molecule has 1 atom stereocenters. The van der Waals surface area contributed by atoms with Gasteiger partial charge in [-0.2, -0.15) is 5.26 Å². The van der Waals surface area contributed by atoms with E-state index in [1.165, 1.54) is 36.4 Å². The van der Waals surface area contributed by atoms with E-state index in [4.69, 9.17) is 14.9 Å². The predicted octanol–water partition coefficient (Wildman–Crippen LogP) is 2.93. The number of phenols is 1. The third kappa shape index (κ3) is 2.74. The third-order valence-corrected chi connectivity index (χ3v) is 4.81.